The molecule has 2 aliphatic heterocycles. The number of halogens is 1. The van der Waals surface area contributed by atoms with Crippen LogP contribution in [-0.4, -0.2) is 69.2 Å². The van der Waals surface area contributed by atoms with E-state index in [1.54, 1.807) is 13.2 Å². The third-order valence-electron chi connectivity index (χ3n) is 8.41. The number of rotatable bonds is 13. The number of benzene rings is 3. The van der Waals surface area contributed by atoms with Crippen molar-refractivity contribution in [3.05, 3.63) is 75.8 Å². The van der Waals surface area contributed by atoms with Crippen LogP contribution in [0.15, 0.2) is 48.5 Å². The number of likely N-dealkylation sites (tertiary alicyclic amines) is 1. The molecule has 1 fully saturated rings. The van der Waals surface area contributed by atoms with E-state index in [4.69, 9.17) is 35.3 Å². The molecule has 11 heteroatoms. The molecule has 0 spiro atoms. The normalized spacial score (nSPS) is 19.0. The van der Waals surface area contributed by atoms with Crippen LogP contribution in [0, 0.1) is 5.92 Å². The molecule has 5 rings (SSSR count). The zero-order valence-electron chi connectivity index (χ0n) is 25.9. The summed E-state index contributed by atoms with van der Waals surface area (Å²) in [6.45, 7) is 4.97. The van der Waals surface area contributed by atoms with E-state index < -0.39 is 23.8 Å². The van der Waals surface area contributed by atoms with Gasteiger partial charge in [0.1, 0.15) is 12.4 Å². The molecule has 0 bridgehead atoms. The van der Waals surface area contributed by atoms with Gasteiger partial charge in [0.2, 0.25) is 18.4 Å². The molecular weight excluding hydrogens is 600 g/mol. The Bertz CT molecular complexity index is 1520. The highest BCUT2D eigenvalue weighted by Crippen LogP contribution is 2.51. The number of carbonyl (C=O) groups is 2. The number of methoxy groups -OCH3 is 2. The van der Waals surface area contributed by atoms with Crippen molar-refractivity contribution in [3.8, 4) is 23.0 Å². The summed E-state index contributed by atoms with van der Waals surface area (Å²) >= 11 is 6.36. The number of fused-ring (bicyclic) bond motifs is 1. The maximum absolute atomic E-state index is 13.8. The molecule has 0 aromatic heterocycles. The summed E-state index contributed by atoms with van der Waals surface area (Å²) in [5.74, 6) is -0.704. The minimum Gasteiger partial charge on any atom is -0.493 e. The van der Waals surface area contributed by atoms with Crippen molar-refractivity contribution in [1.29, 1.82) is 0 Å². The van der Waals surface area contributed by atoms with Crippen molar-refractivity contribution in [2.45, 2.75) is 38.6 Å². The Morgan fingerprint density at radius 3 is 2.42 bits per heavy atom. The maximum atomic E-state index is 13.8. The molecular formula is C34H39ClN2O8. The van der Waals surface area contributed by atoms with Crippen molar-refractivity contribution >= 4 is 29.2 Å². The third-order valence-corrected chi connectivity index (χ3v) is 8.63. The summed E-state index contributed by atoms with van der Waals surface area (Å²) in [5, 5.41) is 14.5. The summed E-state index contributed by atoms with van der Waals surface area (Å²) in [6, 6.07) is 14.0. The van der Waals surface area contributed by atoms with Gasteiger partial charge < -0.3 is 34.1 Å². The van der Waals surface area contributed by atoms with Crippen LogP contribution < -0.4 is 24.3 Å². The number of carboxylic acids is 1. The highest BCUT2D eigenvalue weighted by Gasteiger charge is 2.49. The van der Waals surface area contributed by atoms with Crippen LogP contribution in [-0.2, 0) is 27.2 Å². The molecule has 2 N–H and O–H groups in total. The highest BCUT2D eigenvalue weighted by atomic mass is 35.5. The van der Waals surface area contributed by atoms with Gasteiger partial charge in [0, 0.05) is 35.8 Å². The van der Waals surface area contributed by atoms with Gasteiger partial charge in [-0.2, -0.15) is 0 Å². The van der Waals surface area contributed by atoms with Gasteiger partial charge in [-0.1, -0.05) is 43.6 Å². The summed E-state index contributed by atoms with van der Waals surface area (Å²) in [6.07, 6.45) is 1.38. The van der Waals surface area contributed by atoms with Gasteiger partial charge in [0.05, 0.1) is 32.2 Å². The Balaban J connectivity index is 1.55. The van der Waals surface area contributed by atoms with E-state index in [9.17, 15) is 14.7 Å². The fraction of sp³-hybridized carbons (Fsp3) is 0.412. The van der Waals surface area contributed by atoms with Crippen LogP contribution in [0.3, 0.4) is 0 Å². The summed E-state index contributed by atoms with van der Waals surface area (Å²) in [5.41, 5.74) is 4.03. The number of hydrogen-bond acceptors (Lipinski definition) is 8. The quantitative estimate of drug-likeness (QED) is 0.227. The molecule has 2 heterocycles. The Hall–Kier alpha value is -3.99. The number of hydrogen-bond donors (Lipinski definition) is 2. The van der Waals surface area contributed by atoms with Gasteiger partial charge in [0.25, 0.3) is 0 Å². The van der Waals surface area contributed by atoms with Crippen LogP contribution in [0.5, 0.6) is 23.0 Å². The average molecular weight is 639 g/mol. The number of nitrogens with one attached hydrogen (secondary N) is 1. The van der Waals surface area contributed by atoms with Gasteiger partial charge in [-0.15, -0.1) is 0 Å². The SMILES string of the molecule is CCc1cc(Cl)cc(CC)c1NC(=O)CN1C[C@H](c2cc(OC)c3c(c2)OCO3)C(C(=O)O)[C@@H]1c1ccccc1OCCOC. The molecule has 0 aliphatic carbocycles. The molecule has 10 nitrogen and oxygen atoms in total. The topological polar surface area (TPSA) is 116 Å². The second-order valence-corrected chi connectivity index (χ2v) is 11.5. The van der Waals surface area contributed by atoms with E-state index >= 15 is 0 Å². The molecule has 1 unspecified atom stereocenters. The van der Waals surface area contributed by atoms with Crippen LogP contribution in [0.1, 0.15) is 48.1 Å². The molecule has 2 aliphatic rings. The van der Waals surface area contributed by atoms with Crippen LogP contribution in [0.2, 0.25) is 5.02 Å². The lowest BCUT2D eigenvalue weighted by Crippen LogP contribution is -2.35. The Morgan fingerprint density at radius 2 is 1.76 bits per heavy atom. The molecule has 0 saturated carbocycles. The molecule has 1 saturated heterocycles. The van der Waals surface area contributed by atoms with E-state index in [1.165, 1.54) is 7.11 Å². The lowest BCUT2D eigenvalue weighted by Gasteiger charge is -2.28. The Labute approximate surface area is 268 Å². The van der Waals surface area contributed by atoms with Crippen LogP contribution in [0.4, 0.5) is 5.69 Å². The van der Waals surface area contributed by atoms with E-state index in [2.05, 4.69) is 5.32 Å². The first-order chi connectivity index (χ1) is 21.8. The molecule has 1 amide bonds. The number of carbonyl (C=O) groups excluding carboxylic acids is 1. The number of para-hydroxylation sites is 1. The smallest absolute Gasteiger partial charge is 0.309 e. The van der Waals surface area contributed by atoms with Gasteiger partial charge in [-0.3, -0.25) is 14.5 Å². The van der Waals surface area contributed by atoms with Crippen molar-refractivity contribution in [3.63, 3.8) is 0 Å². The number of aliphatic carboxylic acids is 1. The maximum Gasteiger partial charge on any atom is 0.309 e. The van der Waals surface area contributed by atoms with Gasteiger partial charge in [-0.25, -0.2) is 0 Å². The van der Waals surface area contributed by atoms with E-state index in [-0.39, 0.29) is 32.4 Å². The Kier molecular flexibility index (Phi) is 10.4. The predicted octanol–water partition coefficient (Wildman–Crippen LogP) is 5.71. The molecule has 240 valence electrons. The van der Waals surface area contributed by atoms with Gasteiger partial charge in [0.15, 0.2) is 11.5 Å². The van der Waals surface area contributed by atoms with Crippen molar-refractivity contribution < 1.29 is 38.4 Å². The fourth-order valence-corrected chi connectivity index (χ4v) is 6.63. The van der Waals surface area contributed by atoms with Gasteiger partial charge >= 0.3 is 5.97 Å². The monoisotopic (exact) mass is 638 g/mol. The minimum atomic E-state index is -0.990. The Morgan fingerprint density at radius 1 is 1.02 bits per heavy atom. The minimum absolute atomic E-state index is 0.0476. The van der Waals surface area contributed by atoms with Crippen LogP contribution >= 0.6 is 11.6 Å². The fourth-order valence-electron chi connectivity index (χ4n) is 6.36. The predicted molar refractivity (Wildman–Crippen MR) is 170 cm³/mol. The number of amides is 1. The van der Waals surface area contributed by atoms with Gasteiger partial charge in [-0.05, 0) is 59.9 Å². The third kappa shape index (κ3) is 6.83. The van der Waals surface area contributed by atoms with Crippen molar-refractivity contribution in [2.75, 3.05) is 52.6 Å². The van der Waals surface area contributed by atoms with E-state index in [0.29, 0.717) is 58.6 Å². The van der Waals surface area contributed by atoms with Crippen molar-refractivity contribution in [2.24, 2.45) is 5.92 Å². The summed E-state index contributed by atoms with van der Waals surface area (Å²) in [7, 11) is 3.12. The molecule has 3 aromatic carbocycles. The summed E-state index contributed by atoms with van der Waals surface area (Å²) in [4.78, 5) is 28.9. The largest absolute Gasteiger partial charge is 0.493 e. The van der Waals surface area contributed by atoms with E-state index in [0.717, 1.165) is 16.8 Å². The number of carboxylic acid groups (broad SMARTS) is 1. The summed E-state index contributed by atoms with van der Waals surface area (Å²) < 4.78 is 28.1. The van der Waals surface area contributed by atoms with Crippen LogP contribution in [0.25, 0.3) is 0 Å². The molecule has 0 radical (unpaired) electrons. The second-order valence-electron chi connectivity index (χ2n) is 11.0. The zero-order valence-corrected chi connectivity index (χ0v) is 26.7. The molecule has 3 atom stereocenters. The highest BCUT2D eigenvalue weighted by molar-refractivity contribution is 6.30. The number of ether oxygens (including phenoxy) is 5. The second kappa shape index (κ2) is 14.4. The van der Waals surface area contributed by atoms with E-state index in [1.807, 2.05) is 61.2 Å². The lowest BCUT2D eigenvalue weighted by molar-refractivity contribution is -0.143. The zero-order chi connectivity index (χ0) is 32.1. The number of nitrogens with zero attached hydrogens (tertiary/aromatic N) is 1. The molecule has 3 aromatic rings. The standard InChI is InChI=1S/C34H39ClN2O8/c1-5-20-13-23(35)14-21(6-2)31(20)36-29(38)18-37-17-25(22-15-27(42-4)33-28(16-22)44-19-45-33)30(34(39)40)32(37)24-9-7-8-10-26(24)43-12-11-41-3/h7-10,13-16,25,30,32H,5-6,11-12,17-19H2,1-4H3,(H,36,38)(H,39,40)/t25-,30?,32+/m1/s1. The lowest BCUT2D eigenvalue weighted by atomic mass is 9.82. The van der Waals surface area contributed by atoms with Crippen molar-refractivity contribution in [1.82, 2.24) is 4.90 Å². The first kappa shape index (κ1) is 32.4. The molecule has 45 heavy (non-hydrogen) atoms. The number of aryl methyl sites for hydroxylation is 2. The first-order valence-corrected chi connectivity index (χ1v) is 15.4. The average Bonchev–Trinajstić information content (AvgIpc) is 3.66. The number of anilines is 1. The first-order valence-electron chi connectivity index (χ1n) is 15.1.